The van der Waals surface area contributed by atoms with E-state index >= 15 is 0 Å². The van der Waals surface area contributed by atoms with Crippen molar-refractivity contribution in [3.05, 3.63) is 28.4 Å². The molecule has 0 spiro atoms. The molecule has 1 fully saturated rings. The van der Waals surface area contributed by atoms with Gasteiger partial charge in [0.2, 0.25) is 0 Å². The van der Waals surface area contributed by atoms with E-state index in [0.29, 0.717) is 0 Å². The molecule has 0 saturated heterocycles. The van der Waals surface area contributed by atoms with Crippen LogP contribution in [0.1, 0.15) is 24.8 Å². The summed E-state index contributed by atoms with van der Waals surface area (Å²) in [5, 5.41) is 5.60. The minimum absolute atomic E-state index is 0.123. The van der Waals surface area contributed by atoms with Crippen molar-refractivity contribution in [2.75, 3.05) is 0 Å². The zero-order valence-corrected chi connectivity index (χ0v) is 11.5. The maximum Gasteiger partial charge on any atom is 0.135 e. The lowest BCUT2D eigenvalue weighted by molar-refractivity contribution is 0.609. The molecule has 3 nitrogen and oxygen atoms in total. The number of fused-ring (bicyclic) bond motifs is 1. The van der Waals surface area contributed by atoms with Crippen LogP contribution in [0.4, 0.5) is 0 Å². The summed E-state index contributed by atoms with van der Waals surface area (Å²) in [5.74, 6) is 0. The highest BCUT2D eigenvalue weighted by molar-refractivity contribution is 9.10. The largest absolute Gasteiger partial charge is 0.325 e. The molecule has 0 unspecified atom stereocenters. The van der Waals surface area contributed by atoms with Gasteiger partial charge in [0.1, 0.15) is 4.60 Å². The lowest BCUT2D eigenvalue weighted by Gasteiger charge is -2.09. The third-order valence-electron chi connectivity index (χ3n) is 3.69. The maximum absolute atomic E-state index is 6.15. The van der Waals surface area contributed by atoms with E-state index in [0.717, 1.165) is 17.4 Å². The molecule has 1 aromatic heterocycles. The van der Waals surface area contributed by atoms with Crippen molar-refractivity contribution >= 4 is 26.8 Å². The number of hydrogen-bond donors (Lipinski definition) is 1. The molecule has 0 amide bonds. The van der Waals surface area contributed by atoms with Crippen LogP contribution >= 0.6 is 15.9 Å². The molecule has 1 saturated carbocycles. The summed E-state index contributed by atoms with van der Waals surface area (Å²) < 4.78 is 2.87. The van der Waals surface area contributed by atoms with Crippen LogP contribution in [-0.2, 0) is 13.5 Å². The van der Waals surface area contributed by atoms with Crippen LogP contribution in [0.3, 0.4) is 0 Å². The van der Waals surface area contributed by atoms with Crippen molar-refractivity contribution in [1.29, 1.82) is 0 Å². The number of halogens is 1. The minimum Gasteiger partial charge on any atom is -0.325 e. The van der Waals surface area contributed by atoms with E-state index in [2.05, 4.69) is 39.2 Å². The highest BCUT2D eigenvalue weighted by Crippen LogP contribution is 2.37. The van der Waals surface area contributed by atoms with E-state index in [1.807, 2.05) is 11.7 Å². The Morgan fingerprint density at radius 2 is 2.24 bits per heavy atom. The Hall–Kier alpha value is -0.870. The Balaban J connectivity index is 1.97. The molecule has 4 heteroatoms. The van der Waals surface area contributed by atoms with E-state index in [9.17, 15) is 0 Å². The molecular weight excluding hydrogens is 278 g/mol. The average molecular weight is 294 g/mol. The second kappa shape index (κ2) is 3.82. The number of aryl methyl sites for hydroxylation is 2. The topological polar surface area (TPSA) is 43.8 Å². The third-order valence-corrected chi connectivity index (χ3v) is 4.27. The Bertz CT molecular complexity index is 569. The number of aromatic nitrogens is 2. The molecule has 0 radical (unpaired) electrons. The van der Waals surface area contributed by atoms with E-state index < -0.39 is 0 Å². The van der Waals surface area contributed by atoms with Crippen LogP contribution < -0.4 is 5.73 Å². The Kier molecular flexibility index (Phi) is 2.52. The fraction of sp³-hybridized carbons (Fsp3) is 0.462. The van der Waals surface area contributed by atoms with Gasteiger partial charge in [0.25, 0.3) is 0 Å². The molecule has 0 bridgehead atoms. The first kappa shape index (κ1) is 11.2. The van der Waals surface area contributed by atoms with Gasteiger partial charge in [-0.05, 0) is 47.2 Å². The first-order chi connectivity index (χ1) is 8.09. The van der Waals surface area contributed by atoms with Gasteiger partial charge >= 0.3 is 0 Å². The lowest BCUT2D eigenvalue weighted by Crippen LogP contribution is -2.22. The average Bonchev–Trinajstić information content (AvgIpc) is 2.97. The summed E-state index contributed by atoms with van der Waals surface area (Å²) in [6, 6.07) is 6.38. The van der Waals surface area contributed by atoms with Crippen molar-refractivity contribution in [1.82, 2.24) is 9.78 Å². The molecule has 17 heavy (non-hydrogen) atoms. The van der Waals surface area contributed by atoms with Crippen LogP contribution in [0.25, 0.3) is 10.9 Å². The zero-order chi connectivity index (χ0) is 12.0. The molecule has 2 N–H and O–H groups in total. The molecular formula is C13H16BrN3. The predicted octanol–water partition coefficient (Wildman–Crippen LogP) is 2.76. The first-order valence-corrected chi connectivity index (χ1v) is 6.77. The monoisotopic (exact) mass is 293 g/mol. The predicted molar refractivity (Wildman–Crippen MR) is 72.9 cm³/mol. The van der Waals surface area contributed by atoms with E-state index in [4.69, 9.17) is 5.73 Å². The van der Waals surface area contributed by atoms with Gasteiger partial charge in [0.15, 0.2) is 0 Å². The Morgan fingerprint density at radius 1 is 1.47 bits per heavy atom. The van der Waals surface area contributed by atoms with E-state index in [-0.39, 0.29) is 5.54 Å². The van der Waals surface area contributed by atoms with E-state index in [1.165, 1.54) is 29.3 Å². The number of para-hydroxylation sites is 1. The van der Waals surface area contributed by atoms with Gasteiger partial charge < -0.3 is 5.73 Å². The molecule has 2 aromatic rings. The quantitative estimate of drug-likeness (QED) is 0.946. The van der Waals surface area contributed by atoms with Gasteiger partial charge in [-0.3, -0.25) is 4.68 Å². The highest BCUT2D eigenvalue weighted by atomic mass is 79.9. The summed E-state index contributed by atoms with van der Waals surface area (Å²) in [5.41, 5.74) is 8.85. The van der Waals surface area contributed by atoms with Gasteiger partial charge in [0.05, 0.1) is 5.52 Å². The third kappa shape index (κ3) is 2.00. The SMILES string of the molecule is Cn1nc(Br)c2cccc(CCC3(N)CC3)c21. The normalized spacial score (nSPS) is 17.6. The standard InChI is InChI=1S/C13H16BrN3/c1-17-11-9(5-6-13(15)7-8-13)3-2-4-10(11)12(14)16-17/h2-4H,5-8,15H2,1H3. The molecule has 90 valence electrons. The molecule has 1 aromatic carbocycles. The molecule has 0 atom stereocenters. The summed E-state index contributed by atoms with van der Waals surface area (Å²) in [6.07, 6.45) is 4.48. The second-order valence-electron chi connectivity index (χ2n) is 5.09. The number of nitrogens with two attached hydrogens (primary N) is 1. The summed E-state index contributed by atoms with van der Waals surface area (Å²) in [6.45, 7) is 0. The number of nitrogens with zero attached hydrogens (tertiary/aromatic N) is 2. The number of benzene rings is 1. The minimum atomic E-state index is 0.123. The van der Waals surface area contributed by atoms with Crippen LogP contribution in [0, 0.1) is 0 Å². The summed E-state index contributed by atoms with van der Waals surface area (Å²) >= 11 is 3.50. The number of rotatable bonds is 3. The molecule has 1 aliphatic rings. The van der Waals surface area contributed by atoms with Gasteiger partial charge in [-0.2, -0.15) is 5.10 Å². The summed E-state index contributed by atoms with van der Waals surface area (Å²) in [7, 11) is 1.99. The maximum atomic E-state index is 6.15. The zero-order valence-electron chi connectivity index (χ0n) is 9.91. The summed E-state index contributed by atoms with van der Waals surface area (Å²) in [4.78, 5) is 0. The highest BCUT2D eigenvalue weighted by Gasteiger charge is 2.37. The fourth-order valence-electron chi connectivity index (χ4n) is 2.37. The number of hydrogen-bond acceptors (Lipinski definition) is 2. The molecule has 3 rings (SSSR count). The van der Waals surface area contributed by atoms with Crippen LogP contribution in [0.2, 0.25) is 0 Å². The smallest absolute Gasteiger partial charge is 0.135 e. The van der Waals surface area contributed by atoms with Crippen LogP contribution in [-0.4, -0.2) is 15.3 Å². The van der Waals surface area contributed by atoms with Gasteiger partial charge in [-0.15, -0.1) is 0 Å². The van der Waals surface area contributed by atoms with Gasteiger partial charge in [0, 0.05) is 18.0 Å². The first-order valence-electron chi connectivity index (χ1n) is 5.98. The fourth-order valence-corrected chi connectivity index (χ4v) is 2.93. The van der Waals surface area contributed by atoms with Crippen molar-refractivity contribution in [3.63, 3.8) is 0 Å². The Labute approximate surface area is 109 Å². The van der Waals surface area contributed by atoms with Crippen LogP contribution in [0.5, 0.6) is 0 Å². The van der Waals surface area contributed by atoms with Gasteiger partial charge in [-0.1, -0.05) is 18.2 Å². The molecule has 0 aliphatic heterocycles. The molecule has 1 aliphatic carbocycles. The van der Waals surface area contributed by atoms with E-state index in [1.54, 1.807) is 0 Å². The van der Waals surface area contributed by atoms with Crippen molar-refractivity contribution in [3.8, 4) is 0 Å². The van der Waals surface area contributed by atoms with Crippen LogP contribution in [0.15, 0.2) is 22.8 Å². The van der Waals surface area contributed by atoms with Crippen molar-refractivity contribution in [2.45, 2.75) is 31.2 Å². The Morgan fingerprint density at radius 3 is 2.94 bits per heavy atom. The van der Waals surface area contributed by atoms with Gasteiger partial charge in [-0.25, -0.2) is 0 Å². The van der Waals surface area contributed by atoms with Crippen molar-refractivity contribution < 1.29 is 0 Å². The second-order valence-corrected chi connectivity index (χ2v) is 5.84. The molecule has 1 heterocycles. The van der Waals surface area contributed by atoms with Crippen molar-refractivity contribution in [2.24, 2.45) is 12.8 Å². The lowest BCUT2D eigenvalue weighted by atomic mass is 10.0.